The number of piperazine rings is 1. The Morgan fingerprint density at radius 1 is 1.03 bits per heavy atom. The van der Waals surface area contributed by atoms with Crippen LogP contribution in [0.5, 0.6) is 0 Å². The highest BCUT2D eigenvalue weighted by molar-refractivity contribution is 6.03. The lowest BCUT2D eigenvalue weighted by Gasteiger charge is -2.34. The summed E-state index contributed by atoms with van der Waals surface area (Å²) in [5.41, 5.74) is 3.43. The van der Waals surface area contributed by atoms with Crippen molar-refractivity contribution in [3.63, 3.8) is 0 Å². The van der Waals surface area contributed by atoms with E-state index in [1.807, 2.05) is 59.5 Å². The van der Waals surface area contributed by atoms with Gasteiger partial charge in [-0.3, -0.25) is 14.6 Å². The molecule has 4 rings (SSSR count). The van der Waals surface area contributed by atoms with Gasteiger partial charge in [-0.15, -0.1) is 0 Å². The Balaban J connectivity index is 0.00000204. The molecule has 0 spiro atoms. The lowest BCUT2D eigenvalue weighted by Crippen LogP contribution is -2.48. The molecule has 8 nitrogen and oxygen atoms in total. The van der Waals surface area contributed by atoms with Crippen molar-refractivity contribution < 1.29 is 12.4 Å². The van der Waals surface area contributed by atoms with E-state index in [0.717, 1.165) is 38.3 Å². The molecule has 0 aliphatic carbocycles. The number of hydrogen-bond acceptors (Lipinski definition) is 6. The summed E-state index contributed by atoms with van der Waals surface area (Å²) in [4.78, 5) is 39.0. The molecule has 1 saturated heterocycles. The molecule has 8 heteroatoms. The molecule has 1 fully saturated rings. The van der Waals surface area contributed by atoms with Gasteiger partial charge in [-0.25, -0.2) is 4.98 Å². The first-order valence-electron chi connectivity index (χ1n) is 10.9. The Morgan fingerprint density at radius 2 is 1.76 bits per heavy atom. The number of carbonyl (C=O) groups excluding carboxylic acids is 2. The number of rotatable bonds is 5. The summed E-state index contributed by atoms with van der Waals surface area (Å²) >= 11 is 0. The predicted molar refractivity (Wildman–Crippen MR) is 134 cm³/mol. The molecule has 0 unspecified atom stereocenters. The van der Waals surface area contributed by atoms with Gasteiger partial charge in [0.05, 0.1) is 17.6 Å². The van der Waals surface area contributed by atoms with Gasteiger partial charge >= 0.3 is 0 Å². The van der Waals surface area contributed by atoms with Gasteiger partial charge in [0.15, 0.2) is 0 Å². The minimum absolute atomic E-state index is 0. The highest BCUT2D eigenvalue weighted by Crippen LogP contribution is 2.21. The van der Waals surface area contributed by atoms with Crippen molar-refractivity contribution in [2.75, 3.05) is 38.0 Å². The minimum atomic E-state index is -0.316. The van der Waals surface area contributed by atoms with Crippen LogP contribution < -0.4 is 11.5 Å². The van der Waals surface area contributed by atoms with Crippen LogP contribution in [0.1, 0.15) is 36.3 Å². The monoisotopic (exact) mass is 450 g/mol. The number of anilines is 1. The molecule has 0 saturated carbocycles. The Kier molecular flexibility index (Phi) is 7.87. The normalized spacial score (nSPS) is 13.8. The summed E-state index contributed by atoms with van der Waals surface area (Å²) in [6, 6.07) is 16.6. The highest BCUT2D eigenvalue weighted by Gasteiger charge is 2.22. The van der Waals surface area contributed by atoms with Gasteiger partial charge in [0.25, 0.3) is 11.8 Å². The quantitative estimate of drug-likeness (QED) is 0.604. The van der Waals surface area contributed by atoms with Gasteiger partial charge in [-0.1, -0.05) is 37.3 Å². The van der Waals surface area contributed by atoms with Crippen LogP contribution in [0.4, 0.5) is 5.69 Å². The number of carbonyl (C=O) groups is 2. The van der Waals surface area contributed by atoms with Crippen molar-refractivity contribution >= 4 is 17.5 Å². The molecular formula is C25H34N6O2. The van der Waals surface area contributed by atoms with Crippen LogP contribution in [-0.2, 0) is 0 Å². The van der Waals surface area contributed by atoms with Gasteiger partial charge in [0.1, 0.15) is 5.69 Å². The third kappa shape index (κ3) is 5.60. The SMILES string of the molecule is CCN1CCN(C(=O)c2cccc(-c3cnc(C)c(C(=O)Nc4ccccc4)n3)c2)CC1.N.[HH].[HH]. The number of hydrogen-bond donors (Lipinski definition) is 2. The van der Waals surface area contributed by atoms with Crippen LogP contribution in [0.2, 0.25) is 0 Å². The van der Waals surface area contributed by atoms with Crippen LogP contribution in [0.15, 0.2) is 60.8 Å². The topological polar surface area (TPSA) is 113 Å². The molecule has 0 atom stereocenters. The molecule has 1 aliphatic rings. The Bertz CT molecular complexity index is 1120. The lowest BCUT2D eigenvalue weighted by atomic mass is 10.1. The first-order valence-corrected chi connectivity index (χ1v) is 10.9. The van der Waals surface area contributed by atoms with Crippen LogP contribution >= 0.6 is 0 Å². The maximum absolute atomic E-state index is 13.0. The molecule has 4 N–H and O–H groups in total. The van der Waals surface area contributed by atoms with Crippen molar-refractivity contribution in [3.8, 4) is 11.3 Å². The van der Waals surface area contributed by atoms with E-state index in [1.54, 1.807) is 13.1 Å². The van der Waals surface area contributed by atoms with Gasteiger partial charge in [0.2, 0.25) is 0 Å². The summed E-state index contributed by atoms with van der Waals surface area (Å²) < 4.78 is 0. The van der Waals surface area contributed by atoms with E-state index in [4.69, 9.17) is 0 Å². The smallest absolute Gasteiger partial charge is 0.276 e. The number of likely N-dealkylation sites (N-methyl/N-ethyl adjacent to an activating group) is 1. The number of amides is 2. The van der Waals surface area contributed by atoms with E-state index in [2.05, 4.69) is 27.1 Å². The van der Waals surface area contributed by atoms with Gasteiger partial charge in [0, 0.05) is 45.8 Å². The lowest BCUT2D eigenvalue weighted by molar-refractivity contribution is 0.0643. The van der Waals surface area contributed by atoms with E-state index in [9.17, 15) is 9.59 Å². The number of aryl methyl sites for hydroxylation is 1. The Morgan fingerprint density at radius 3 is 2.45 bits per heavy atom. The zero-order valence-electron chi connectivity index (χ0n) is 19.1. The van der Waals surface area contributed by atoms with E-state index >= 15 is 0 Å². The van der Waals surface area contributed by atoms with Gasteiger partial charge in [-0.2, -0.15) is 0 Å². The van der Waals surface area contributed by atoms with Crippen molar-refractivity contribution in [3.05, 3.63) is 77.7 Å². The summed E-state index contributed by atoms with van der Waals surface area (Å²) in [6.45, 7) is 8.14. The summed E-state index contributed by atoms with van der Waals surface area (Å²) in [6.07, 6.45) is 1.64. The average Bonchev–Trinajstić information content (AvgIpc) is 2.84. The fraction of sp³-hybridized carbons (Fsp3) is 0.280. The Labute approximate surface area is 197 Å². The van der Waals surface area contributed by atoms with Crippen LogP contribution in [-0.4, -0.2) is 64.3 Å². The number of para-hydroxylation sites is 1. The third-order valence-corrected chi connectivity index (χ3v) is 5.71. The molecule has 33 heavy (non-hydrogen) atoms. The Hall–Kier alpha value is -3.62. The summed E-state index contributed by atoms with van der Waals surface area (Å²) in [7, 11) is 0. The van der Waals surface area contributed by atoms with Crippen molar-refractivity contribution in [1.29, 1.82) is 0 Å². The van der Waals surface area contributed by atoms with Crippen molar-refractivity contribution in [1.82, 2.24) is 25.9 Å². The molecule has 2 aromatic carbocycles. The van der Waals surface area contributed by atoms with Crippen LogP contribution in [0, 0.1) is 6.92 Å². The molecule has 0 radical (unpaired) electrons. The molecule has 2 heterocycles. The number of aromatic nitrogens is 2. The van der Waals surface area contributed by atoms with Crippen LogP contribution in [0.25, 0.3) is 11.3 Å². The van der Waals surface area contributed by atoms with Crippen molar-refractivity contribution in [2.24, 2.45) is 0 Å². The predicted octanol–water partition coefficient (Wildman–Crippen LogP) is 4.14. The summed E-state index contributed by atoms with van der Waals surface area (Å²) in [5.74, 6) is -0.297. The minimum Gasteiger partial charge on any atom is -0.344 e. The van der Waals surface area contributed by atoms with Crippen LogP contribution in [0.3, 0.4) is 0 Å². The van der Waals surface area contributed by atoms with E-state index in [0.29, 0.717) is 22.6 Å². The maximum Gasteiger partial charge on any atom is 0.276 e. The maximum atomic E-state index is 13.0. The molecule has 0 bridgehead atoms. The first-order chi connectivity index (χ1) is 15.5. The fourth-order valence-corrected chi connectivity index (χ4v) is 3.78. The fourth-order valence-electron chi connectivity index (χ4n) is 3.78. The van der Waals surface area contributed by atoms with E-state index in [1.165, 1.54) is 0 Å². The van der Waals surface area contributed by atoms with E-state index < -0.39 is 0 Å². The largest absolute Gasteiger partial charge is 0.344 e. The molecule has 1 aliphatic heterocycles. The summed E-state index contributed by atoms with van der Waals surface area (Å²) in [5, 5.41) is 2.85. The number of nitrogens with one attached hydrogen (secondary N) is 1. The van der Waals surface area contributed by atoms with Gasteiger partial charge in [-0.05, 0) is 37.7 Å². The molecule has 2 amide bonds. The second-order valence-corrected chi connectivity index (χ2v) is 7.82. The average molecular weight is 451 g/mol. The molecule has 3 aromatic rings. The molecular weight excluding hydrogens is 416 g/mol. The first kappa shape index (κ1) is 24.0. The molecule has 176 valence electrons. The standard InChI is InChI=1S/C25H27N5O2.H3N.2H2/c1-3-29-12-14-30(15-13-29)25(32)20-9-7-8-19(16-20)22-17-26-18(2)23(28-22)24(31)27-21-10-5-4-6-11-21;;;/h4-11,16-17H,3,12-15H2,1-2H3,(H,27,31);1H3;2*1H. The van der Waals surface area contributed by atoms with Gasteiger partial charge < -0.3 is 21.3 Å². The van der Waals surface area contributed by atoms with E-state index in [-0.39, 0.29) is 26.5 Å². The second kappa shape index (κ2) is 10.8. The zero-order valence-corrected chi connectivity index (χ0v) is 19.1. The third-order valence-electron chi connectivity index (χ3n) is 5.71. The number of nitrogens with zero attached hydrogens (tertiary/aromatic N) is 4. The van der Waals surface area contributed by atoms with Crippen molar-refractivity contribution in [2.45, 2.75) is 13.8 Å². The molecule has 1 aromatic heterocycles. The highest BCUT2D eigenvalue weighted by atomic mass is 16.2. The number of benzene rings is 2. The zero-order chi connectivity index (χ0) is 22.5. The second-order valence-electron chi connectivity index (χ2n) is 7.82.